The van der Waals surface area contributed by atoms with Crippen molar-refractivity contribution in [2.45, 2.75) is 80.1 Å². The molecule has 0 aromatic carbocycles. The SMILES string of the molecule is CCCC(C)=O.CCCC(C)C(=O)CC(C)CC. The smallest absolute Gasteiger partial charge is 0.135 e. The summed E-state index contributed by atoms with van der Waals surface area (Å²) in [6.07, 6.45) is 5.78. The van der Waals surface area contributed by atoms with Crippen molar-refractivity contribution in [1.82, 2.24) is 0 Å². The molecule has 0 radical (unpaired) electrons. The first-order chi connectivity index (χ1) is 8.38. The summed E-state index contributed by atoms with van der Waals surface area (Å²) in [5.74, 6) is 1.59. The maximum absolute atomic E-state index is 11.5. The maximum Gasteiger partial charge on any atom is 0.135 e. The third-order valence-corrected chi connectivity index (χ3v) is 3.12. The van der Waals surface area contributed by atoms with E-state index in [1.165, 1.54) is 0 Å². The maximum atomic E-state index is 11.5. The molecule has 0 amide bonds. The standard InChI is InChI=1S/C11H22O.C5H10O/c1-5-7-10(4)11(12)8-9(3)6-2;1-3-4-5(2)6/h9-10H,5-8H2,1-4H3;3-4H2,1-2H3. The Hall–Kier alpha value is -0.660. The van der Waals surface area contributed by atoms with E-state index in [-0.39, 0.29) is 11.7 Å². The number of Topliss-reactive ketones (excluding diaryl/α,β-unsaturated/α-hetero) is 2. The zero-order valence-corrected chi connectivity index (χ0v) is 13.2. The highest BCUT2D eigenvalue weighted by atomic mass is 16.1. The van der Waals surface area contributed by atoms with Crippen LogP contribution in [0, 0.1) is 11.8 Å². The Morgan fingerprint density at radius 1 is 1.00 bits per heavy atom. The van der Waals surface area contributed by atoms with Gasteiger partial charge in [0.2, 0.25) is 0 Å². The number of carbonyl (C=O) groups is 2. The number of carbonyl (C=O) groups excluding carboxylic acids is 2. The molecule has 108 valence electrons. The summed E-state index contributed by atoms with van der Waals surface area (Å²) >= 11 is 0. The van der Waals surface area contributed by atoms with Crippen molar-refractivity contribution in [2.24, 2.45) is 11.8 Å². The molecule has 0 aliphatic carbocycles. The van der Waals surface area contributed by atoms with Crippen molar-refractivity contribution >= 4 is 11.6 Å². The van der Waals surface area contributed by atoms with Gasteiger partial charge in [0.1, 0.15) is 11.6 Å². The molecule has 2 nitrogen and oxygen atoms in total. The van der Waals surface area contributed by atoms with Crippen molar-refractivity contribution < 1.29 is 9.59 Å². The molecule has 0 N–H and O–H groups in total. The molecule has 0 aromatic heterocycles. The Bertz CT molecular complexity index is 221. The molecule has 0 aromatic rings. The van der Waals surface area contributed by atoms with Crippen LogP contribution in [0.3, 0.4) is 0 Å². The Morgan fingerprint density at radius 2 is 1.56 bits per heavy atom. The number of hydrogen-bond acceptors (Lipinski definition) is 2. The number of rotatable bonds is 8. The summed E-state index contributed by atoms with van der Waals surface area (Å²) in [5, 5.41) is 0. The van der Waals surface area contributed by atoms with Crippen LogP contribution in [0.1, 0.15) is 80.1 Å². The van der Waals surface area contributed by atoms with Gasteiger partial charge in [-0.1, -0.05) is 47.5 Å². The minimum Gasteiger partial charge on any atom is -0.300 e. The largest absolute Gasteiger partial charge is 0.300 e. The van der Waals surface area contributed by atoms with Crippen LogP contribution in [0.2, 0.25) is 0 Å². The number of ketones is 2. The molecule has 2 unspecified atom stereocenters. The lowest BCUT2D eigenvalue weighted by Crippen LogP contribution is -2.13. The topological polar surface area (TPSA) is 34.1 Å². The van der Waals surface area contributed by atoms with E-state index in [1.54, 1.807) is 6.92 Å². The molecule has 0 fully saturated rings. The van der Waals surface area contributed by atoms with Gasteiger partial charge in [0.15, 0.2) is 0 Å². The highest BCUT2D eigenvalue weighted by molar-refractivity contribution is 5.80. The summed E-state index contributed by atoms with van der Waals surface area (Å²) < 4.78 is 0. The summed E-state index contributed by atoms with van der Waals surface area (Å²) in [4.78, 5) is 21.5. The second-order valence-corrected chi connectivity index (χ2v) is 5.33. The average molecular weight is 256 g/mol. The third-order valence-electron chi connectivity index (χ3n) is 3.12. The lowest BCUT2D eigenvalue weighted by Gasteiger charge is -2.12. The normalized spacial score (nSPS) is 13.2. The molecular formula is C16H32O2. The fourth-order valence-corrected chi connectivity index (χ4v) is 1.64. The van der Waals surface area contributed by atoms with Crippen LogP contribution < -0.4 is 0 Å². The monoisotopic (exact) mass is 256 g/mol. The zero-order valence-electron chi connectivity index (χ0n) is 13.2. The van der Waals surface area contributed by atoms with Crippen molar-refractivity contribution in [1.29, 1.82) is 0 Å². The Morgan fingerprint density at radius 3 is 1.83 bits per heavy atom. The molecule has 0 aliphatic heterocycles. The summed E-state index contributed by atoms with van der Waals surface area (Å²) in [6.45, 7) is 12.1. The quantitative estimate of drug-likeness (QED) is 0.625. The van der Waals surface area contributed by atoms with E-state index >= 15 is 0 Å². The highest BCUT2D eigenvalue weighted by Crippen LogP contribution is 2.14. The predicted octanol–water partition coefficient (Wildman–Crippen LogP) is 4.80. The van der Waals surface area contributed by atoms with Gasteiger partial charge in [0.25, 0.3) is 0 Å². The molecule has 0 saturated carbocycles. The van der Waals surface area contributed by atoms with E-state index < -0.39 is 0 Å². The first-order valence-corrected chi connectivity index (χ1v) is 7.40. The van der Waals surface area contributed by atoms with Gasteiger partial charge in [-0.3, -0.25) is 4.79 Å². The first-order valence-electron chi connectivity index (χ1n) is 7.40. The predicted molar refractivity (Wildman–Crippen MR) is 78.7 cm³/mol. The van der Waals surface area contributed by atoms with Gasteiger partial charge in [-0.25, -0.2) is 0 Å². The lowest BCUT2D eigenvalue weighted by molar-refractivity contribution is -0.123. The van der Waals surface area contributed by atoms with Crippen LogP contribution >= 0.6 is 0 Å². The molecule has 2 heteroatoms. The van der Waals surface area contributed by atoms with Gasteiger partial charge in [-0.05, 0) is 25.7 Å². The van der Waals surface area contributed by atoms with Crippen molar-refractivity contribution in [3.8, 4) is 0 Å². The summed E-state index contributed by atoms with van der Waals surface area (Å²) in [6, 6.07) is 0. The van der Waals surface area contributed by atoms with Crippen LogP contribution in [0.5, 0.6) is 0 Å². The first kappa shape index (κ1) is 19.7. The van der Waals surface area contributed by atoms with Crippen LogP contribution in [-0.2, 0) is 9.59 Å². The minimum absolute atomic E-state index is 0.281. The van der Waals surface area contributed by atoms with E-state index in [9.17, 15) is 9.59 Å². The van der Waals surface area contributed by atoms with E-state index in [2.05, 4.69) is 20.8 Å². The average Bonchev–Trinajstić information content (AvgIpc) is 2.29. The van der Waals surface area contributed by atoms with E-state index in [1.807, 2.05) is 13.8 Å². The van der Waals surface area contributed by atoms with Crippen LogP contribution in [0.4, 0.5) is 0 Å². The fourth-order valence-electron chi connectivity index (χ4n) is 1.64. The van der Waals surface area contributed by atoms with E-state index in [0.717, 1.165) is 38.5 Å². The molecule has 0 rings (SSSR count). The molecule has 18 heavy (non-hydrogen) atoms. The summed E-state index contributed by atoms with van der Waals surface area (Å²) in [7, 11) is 0. The zero-order chi connectivity index (χ0) is 14.6. The van der Waals surface area contributed by atoms with Gasteiger partial charge in [-0.2, -0.15) is 0 Å². The Kier molecular flexibility index (Phi) is 14.0. The van der Waals surface area contributed by atoms with Crippen molar-refractivity contribution in [2.75, 3.05) is 0 Å². The second-order valence-electron chi connectivity index (χ2n) is 5.33. The molecule has 0 bridgehead atoms. The molecule has 0 heterocycles. The van der Waals surface area contributed by atoms with Gasteiger partial charge in [0.05, 0.1) is 0 Å². The Labute approximate surface area is 114 Å². The van der Waals surface area contributed by atoms with Gasteiger partial charge < -0.3 is 4.79 Å². The van der Waals surface area contributed by atoms with Gasteiger partial charge in [-0.15, -0.1) is 0 Å². The van der Waals surface area contributed by atoms with Crippen LogP contribution in [0.25, 0.3) is 0 Å². The third kappa shape index (κ3) is 13.4. The molecular weight excluding hydrogens is 224 g/mol. The van der Waals surface area contributed by atoms with Crippen molar-refractivity contribution in [3.63, 3.8) is 0 Å². The molecule has 0 aliphatic rings. The molecule has 0 spiro atoms. The Balaban J connectivity index is 0. The summed E-state index contributed by atoms with van der Waals surface area (Å²) in [5.41, 5.74) is 0. The van der Waals surface area contributed by atoms with E-state index in [0.29, 0.717) is 11.7 Å². The highest BCUT2D eigenvalue weighted by Gasteiger charge is 2.13. The molecule has 0 saturated heterocycles. The van der Waals surface area contributed by atoms with Gasteiger partial charge >= 0.3 is 0 Å². The fraction of sp³-hybridized carbons (Fsp3) is 0.875. The number of hydrogen-bond donors (Lipinski definition) is 0. The van der Waals surface area contributed by atoms with E-state index in [4.69, 9.17) is 0 Å². The van der Waals surface area contributed by atoms with Crippen LogP contribution in [0.15, 0.2) is 0 Å². The second kappa shape index (κ2) is 12.8. The van der Waals surface area contributed by atoms with Gasteiger partial charge in [0, 0.05) is 18.8 Å². The minimum atomic E-state index is 0.281. The van der Waals surface area contributed by atoms with Crippen molar-refractivity contribution in [3.05, 3.63) is 0 Å². The lowest BCUT2D eigenvalue weighted by atomic mass is 9.92. The van der Waals surface area contributed by atoms with Crippen LogP contribution in [-0.4, -0.2) is 11.6 Å². The molecule has 2 atom stereocenters.